The summed E-state index contributed by atoms with van der Waals surface area (Å²) >= 11 is 0. The summed E-state index contributed by atoms with van der Waals surface area (Å²) < 4.78 is 0. The van der Waals surface area contributed by atoms with E-state index in [0.29, 0.717) is 0 Å². The van der Waals surface area contributed by atoms with E-state index in [0.717, 1.165) is 11.1 Å². The Morgan fingerprint density at radius 2 is 1.78 bits per heavy atom. The van der Waals surface area contributed by atoms with Crippen molar-refractivity contribution in [3.8, 4) is 5.75 Å². The molecule has 0 aromatic heterocycles. The first-order valence-corrected chi connectivity index (χ1v) is 5.69. The van der Waals surface area contributed by atoms with Crippen molar-refractivity contribution >= 4 is 5.97 Å². The molecule has 0 heterocycles. The van der Waals surface area contributed by atoms with E-state index < -0.39 is 11.7 Å². The highest BCUT2D eigenvalue weighted by molar-refractivity contribution is 5.90. The SMILES string of the molecule is CC(c1ccccc1)c1ccc([O-])c(C(=O)O)c1. The highest BCUT2D eigenvalue weighted by atomic mass is 16.4. The molecule has 0 saturated heterocycles. The van der Waals surface area contributed by atoms with Crippen molar-refractivity contribution < 1.29 is 15.0 Å². The molecule has 0 aliphatic rings. The summed E-state index contributed by atoms with van der Waals surface area (Å²) in [6.45, 7) is 1.99. The number of benzene rings is 2. The molecule has 0 aliphatic carbocycles. The lowest BCUT2D eigenvalue weighted by atomic mass is 9.92. The Morgan fingerprint density at radius 3 is 2.39 bits per heavy atom. The van der Waals surface area contributed by atoms with Crippen molar-refractivity contribution in [2.75, 3.05) is 0 Å². The summed E-state index contributed by atoms with van der Waals surface area (Å²) in [6, 6.07) is 14.2. The number of carboxylic acids is 1. The van der Waals surface area contributed by atoms with E-state index >= 15 is 0 Å². The van der Waals surface area contributed by atoms with Crippen LogP contribution in [0.3, 0.4) is 0 Å². The molecule has 0 amide bonds. The molecule has 2 aromatic rings. The Bertz CT molecular complexity index is 561. The summed E-state index contributed by atoms with van der Waals surface area (Å²) in [7, 11) is 0. The van der Waals surface area contributed by atoms with Gasteiger partial charge in [-0.1, -0.05) is 55.1 Å². The number of aromatic carboxylic acids is 1. The monoisotopic (exact) mass is 241 g/mol. The zero-order valence-electron chi connectivity index (χ0n) is 9.96. The third-order valence-electron chi connectivity index (χ3n) is 3.03. The Kier molecular flexibility index (Phi) is 3.33. The van der Waals surface area contributed by atoms with Crippen LogP contribution >= 0.6 is 0 Å². The number of rotatable bonds is 3. The van der Waals surface area contributed by atoms with E-state index in [-0.39, 0.29) is 11.5 Å². The zero-order chi connectivity index (χ0) is 13.1. The third kappa shape index (κ3) is 2.35. The van der Waals surface area contributed by atoms with E-state index in [4.69, 9.17) is 5.11 Å². The summed E-state index contributed by atoms with van der Waals surface area (Å²) in [5.41, 5.74) is 1.75. The predicted molar refractivity (Wildman–Crippen MR) is 66.8 cm³/mol. The summed E-state index contributed by atoms with van der Waals surface area (Å²) in [5, 5.41) is 20.3. The van der Waals surface area contributed by atoms with Crippen LogP contribution in [0, 0.1) is 0 Å². The van der Waals surface area contributed by atoms with Crippen LogP contribution in [0.2, 0.25) is 0 Å². The number of hydrogen-bond acceptors (Lipinski definition) is 2. The molecule has 1 unspecified atom stereocenters. The maximum absolute atomic E-state index is 11.4. The molecule has 3 heteroatoms. The summed E-state index contributed by atoms with van der Waals surface area (Å²) in [4.78, 5) is 10.9. The second-order valence-corrected chi connectivity index (χ2v) is 4.19. The molecule has 1 atom stereocenters. The van der Waals surface area contributed by atoms with Crippen LogP contribution in [-0.4, -0.2) is 11.1 Å². The molecule has 2 aromatic carbocycles. The lowest BCUT2D eigenvalue weighted by molar-refractivity contribution is -0.268. The van der Waals surface area contributed by atoms with Crippen molar-refractivity contribution in [1.82, 2.24) is 0 Å². The fraction of sp³-hybridized carbons (Fsp3) is 0.133. The van der Waals surface area contributed by atoms with Crippen LogP contribution < -0.4 is 5.11 Å². The highest BCUT2D eigenvalue weighted by Crippen LogP contribution is 2.27. The average Bonchev–Trinajstić information content (AvgIpc) is 2.39. The molecular formula is C15H13O3-. The number of carboxylic acid groups (broad SMARTS) is 1. The van der Waals surface area contributed by atoms with Gasteiger partial charge in [-0.25, -0.2) is 4.79 Å². The van der Waals surface area contributed by atoms with Crippen LogP contribution in [0.25, 0.3) is 0 Å². The molecule has 0 saturated carbocycles. The third-order valence-corrected chi connectivity index (χ3v) is 3.03. The molecule has 2 rings (SSSR count). The van der Waals surface area contributed by atoms with Gasteiger partial charge in [0.05, 0.1) is 5.56 Å². The number of hydrogen-bond donors (Lipinski definition) is 1. The molecule has 3 nitrogen and oxygen atoms in total. The highest BCUT2D eigenvalue weighted by Gasteiger charge is 2.11. The normalized spacial score (nSPS) is 12.1. The average molecular weight is 241 g/mol. The molecule has 1 N–H and O–H groups in total. The van der Waals surface area contributed by atoms with Gasteiger partial charge < -0.3 is 10.2 Å². The van der Waals surface area contributed by atoms with Gasteiger partial charge >= 0.3 is 5.97 Å². The van der Waals surface area contributed by atoms with Crippen LogP contribution in [0.15, 0.2) is 48.5 Å². The minimum atomic E-state index is -1.18. The molecule has 0 fully saturated rings. The summed E-state index contributed by atoms with van der Waals surface area (Å²) in [5.74, 6) is -1.57. The topological polar surface area (TPSA) is 60.4 Å². The fourth-order valence-corrected chi connectivity index (χ4v) is 1.92. The molecule has 0 aliphatic heterocycles. The van der Waals surface area contributed by atoms with E-state index in [1.807, 2.05) is 37.3 Å². The van der Waals surface area contributed by atoms with Crippen LogP contribution in [0.5, 0.6) is 5.75 Å². The number of carbonyl (C=O) groups is 1. The Balaban J connectivity index is 2.40. The first kappa shape index (κ1) is 12.2. The van der Waals surface area contributed by atoms with Gasteiger partial charge in [-0.15, -0.1) is 0 Å². The quantitative estimate of drug-likeness (QED) is 0.898. The van der Waals surface area contributed by atoms with Gasteiger partial charge in [0.25, 0.3) is 0 Å². The van der Waals surface area contributed by atoms with E-state index in [1.54, 1.807) is 6.07 Å². The maximum Gasteiger partial charge on any atom is 0.335 e. The van der Waals surface area contributed by atoms with Gasteiger partial charge in [-0.05, 0) is 17.2 Å². The molecule has 0 spiro atoms. The fourth-order valence-electron chi connectivity index (χ4n) is 1.92. The van der Waals surface area contributed by atoms with E-state index in [2.05, 4.69) is 0 Å². The van der Waals surface area contributed by atoms with Crippen LogP contribution in [0.4, 0.5) is 0 Å². The lowest BCUT2D eigenvalue weighted by Gasteiger charge is -2.16. The second-order valence-electron chi connectivity index (χ2n) is 4.19. The predicted octanol–water partition coefficient (Wildman–Crippen LogP) is 2.61. The lowest BCUT2D eigenvalue weighted by Crippen LogP contribution is -2.06. The van der Waals surface area contributed by atoms with E-state index in [9.17, 15) is 9.90 Å². The van der Waals surface area contributed by atoms with Gasteiger partial charge in [0.1, 0.15) is 0 Å². The maximum atomic E-state index is 11.4. The molecule has 0 bridgehead atoms. The van der Waals surface area contributed by atoms with Crippen molar-refractivity contribution in [2.24, 2.45) is 0 Å². The largest absolute Gasteiger partial charge is 0.872 e. The first-order valence-electron chi connectivity index (χ1n) is 5.69. The van der Waals surface area contributed by atoms with Crippen LogP contribution in [-0.2, 0) is 0 Å². The van der Waals surface area contributed by atoms with Gasteiger partial charge in [0.15, 0.2) is 0 Å². The Hall–Kier alpha value is -2.29. The van der Waals surface area contributed by atoms with Gasteiger partial charge in [0.2, 0.25) is 0 Å². The van der Waals surface area contributed by atoms with Crippen molar-refractivity contribution in [3.63, 3.8) is 0 Å². The minimum absolute atomic E-state index is 0.0601. The van der Waals surface area contributed by atoms with Crippen molar-refractivity contribution in [1.29, 1.82) is 0 Å². The molecule has 0 radical (unpaired) electrons. The second kappa shape index (κ2) is 4.92. The smallest absolute Gasteiger partial charge is 0.335 e. The van der Waals surface area contributed by atoms with Crippen molar-refractivity contribution in [3.05, 3.63) is 65.2 Å². The zero-order valence-corrected chi connectivity index (χ0v) is 9.96. The molecular weight excluding hydrogens is 228 g/mol. The Morgan fingerprint density at radius 1 is 1.11 bits per heavy atom. The van der Waals surface area contributed by atoms with E-state index in [1.165, 1.54) is 12.1 Å². The molecule has 92 valence electrons. The minimum Gasteiger partial charge on any atom is -0.872 e. The van der Waals surface area contributed by atoms with Gasteiger partial charge in [-0.2, -0.15) is 0 Å². The Labute approximate surface area is 105 Å². The van der Waals surface area contributed by atoms with Crippen LogP contribution in [0.1, 0.15) is 34.3 Å². The van der Waals surface area contributed by atoms with Crippen molar-refractivity contribution in [2.45, 2.75) is 12.8 Å². The first-order chi connectivity index (χ1) is 8.59. The van der Waals surface area contributed by atoms with Gasteiger partial charge in [0, 0.05) is 5.92 Å². The standard InChI is InChI=1S/C15H14O3/c1-10(11-5-3-2-4-6-11)12-7-8-14(16)13(9-12)15(17)18/h2-10,16H,1H3,(H,17,18)/p-1. The summed E-state index contributed by atoms with van der Waals surface area (Å²) in [6.07, 6.45) is 0. The molecule has 18 heavy (non-hydrogen) atoms. The van der Waals surface area contributed by atoms with Gasteiger partial charge in [-0.3, -0.25) is 0 Å².